The lowest BCUT2D eigenvalue weighted by molar-refractivity contribution is -0.122. The van der Waals surface area contributed by atoms with E-state index in [0.717, 1.165) is 11.8 Å². The van der Waals surface area contributed by atoms with E-state index in [9.17, 15) is 4.79 Å². The molecule has 4 aliphatic carbocycles. The number of aromatic nitrogens is 2. The Bertz CT molecular complexity index is 827. The largest absolute Gasteiger partial charge is 0.411 e. The number of benzene rings is 1. The monoisotopic (exact) mass is 403 g/mol. The van der Waals surface area contributed by atoms with Crippen molar-refractivity contribution in [3.05, 3.63) is 29.3 Å². The lowest BCUT2D eigenvalue weighted by Gasteiger charge is -2.54. The summed E-state index contributed by atoms with van der Waals surface area (Å²) in [7, 11) is 0. The Morgan fingerprint density at radius 3 is 2.52 bits per heavy atom. The molecule has 27 heavy (non-hydrogen) atoms. The van der Waals surface area contributed by atoms with Crippen molar-refractivity contribution in [3.63, 3.8) is 0 Å². The molecule has 1 amide bonds. The Kier molecular flexibility index (Phi) is 4.64. The molecule has 0 aliphatic heterocycles. The highest BCUT2D eigenvalue weighted by molar-refractivity contribution is 7.99. The molecule has 0 radical (unpaired) electrons. The summed E-state index contributed by atoms with van der Waals surface area (Å²) in [5.74, 6) is 3.94. The standard InChI is InChI=1S/C20H22ClN3O2S/c21-16-4-2-1-3-15(16)19-23-24-20(26-19)27-10-17(25)22-18-13-6-11-5-12(8-13)9-14(18)7-11/h1-4,11-14,18H,5-10H2,(H,22,25). The molecule has 7 heteroatoms. The van der Waals surface area contributed by atoms with E-state index in [1.807, 2.05) is 18.2 Å². The first-order chi connectivity index (χ1) is 13.2. The summed E-state index contributed by atoms with van der Waals surface area (Å²) in [5.41, 5.74) is 0.705. The fourth-order valence-corrected chi connectivity index (χ4v) is 6.32. The lowest BCUT2D eigenvalue weighted by atomic mass is 9.54. The van der Waals surface area contributed by atoms with Crippen LogP contribution in [-0.2, 0) is 4.79 Å². The minimum atomic E-state index is 0.0648. The van der Waals surface area contributed by atoms with Crippen molar-refractivity contribution in [2.75, 3.05) is 5.75 Å². The molecule has 0 saturated heterocycles. The summed E-state index contributed by atoms with van der Waals surface area (Å²) in [6.45, 7) is 0. The zero-order valence-corrected chi connectivity index (χ0v) is 16.5. The van der Waals surface area contributed by atoms with Gasteiger partial charge in [-0.05, 0) is 67.9 Å². The number of hydrogen-bond donors (Lipinski definition) is 1. The summed E-state index contributed by atoms with van der Waals surface area (Å²) in [4.78, 5) is 12.5. The van der Waals surface area contributed by atoms with Crippen molar-refractivity contribution in [1.82, 2.24) is 15.5 Å². The molecule has 4 bridgehead atoms. The number of hydrogen-bond acceptors (Lipinski definition) is 5. The van der Waals surface area contributed by atoms with Crippen LogP contribution in [0.25, 0.3) is 11.5 Å². The Morgan fingerprint density at radius 2 is 1.81 bits per heavy atom. The maximum atomic E-state index is 12.5. The first-order valence-electron chi connectivity index (χ1n) is 9.66. The van der Waals surface area contributed by atoms with E-state index in [4.69, 9.17) is 16.0 Å². The van der Waals surface area contributed by atoms with Crippen LogP contribution in [0.5, 0.6) is 0 Å². The van der Waals surface area contributed by atoms with Gasteiger partial charge in [0.15, 0.2) is 0 Å². The van der Waals surface area contributed by atoms with Gasteiger partial charge in [-0.15, -0.1) is 10.2 Å². The second-order valence-corrected chi connectivity index (χ2v) is 9.50. The van der Waals surface area contributed by atoms with Crippen molar-refractivity contribution < 1.29 is 9.21 Å². The van der Waals surface area contributed by atoms with Gasteiger partial charge in [-0.1, -0.05) is 35.5 Å². The Hall–Kier alpha value is -1.53. The van der Waals surface area contributed by atoms with E-state index in [1.54, 1.807) is 6.07 Å². The normalized spacial score (nSPS) is 31.2. The van der Waals surface area contributed by atoms with Crippen LogP contribution in [0.4, 0.5) is 0 Å². The predicted octanol–water partition coefficient (Wildman–Crippen LogP) is 4.42. The van der Waals surface area contributed by atoms with E-state index < -0.39 is 0 Å². The smallest absolute Gasteiger partial charge is 0.277 e. The molecule has 142 valence electrons. The van der Waals surface area contributed by atoms with Crippen LogP contribution in [-0.4, -0.2) is 27.9 Å². The number of carbonyl (C=O) groups excluding carboxylic acids is 1. The zero-order valence-electron chi connectivity index (χ0n) is 14.9. The molecule has 1 N–H and O–H groups in total. The number of nitrogens with one attached hydrogen (secondary N) is 1. The molecule has 4 fully saturated rings. The van der Waals surface area contributed by atoms with E-state index >= 15 is 0 Å². The molecule has 4 aliphatic rings. The van der Waals surface area contributed by atoms with Crippen LogP contribution >= 0.6 is 23.4 Å². The maximum absolute atomic E-state index is 12.5. The van der Waals surface area contributed by atoms with Crippen molar-refractivity contribution in [1.29, 1.82) is 0 Å². The first kappa shape index (κ1) is 17.6. The third-order valence-electron chi connectivity index (χ3n) is 6.39. The average Bonchev–Trinajstić information content (AvgIpc) is 3.11. The highest BCUT2D eigenvalue weighted by atomic mass is 35.5. The van der Waals surface area contributed by atoms with Crippen molar-refractivity contribution in [2.45, 2.75) is 43.4 Å². The number of rotatable bonds is 5. The van der Waals surface area contributed by atoms with Gasteiger partial charge in [-0.25, -0.2) is 0 Å². The Morgan fingerprint density at radius 1 is 1.11 bits per heavy atom. The SMILES string of the molecule is O=C(CSc1nnc(-c2ccccc2Cl)o1)NC1C2CC3CC(C2)CC1C3. The van der Waals surface area contributed by atoms with Crippen LogP contribution in [0.15, 0.2) is 33.9 Å². The third kappa shape index (κ3) is 3.49. The molecule has 5 nitrogen and oxygen atoms in total. The Balaban J connectivity index is 1.18. The fraction of sp³-hybridized carbons (Fsp3) is 0.550. The molecule has 1 aromatic carbocycles. The summed E-state index contributed by atoms with van der Waals surface area (Å²) in [5, 5.41) is 12.3. The second-order valence-electron chi connectivity index (χ2n) is 8.17. The van der Waals surface area contributed by atoms with E-state index in [0.29, 0.717) is 45.3 Å². The van der Waals surface area contributed by atoms with E-state index in [-0.39, 0.29) is 5.91 Å². The molecule has 0 unspecified atom stereocenters. The summed E-state index contributed by atoms with van der Waals surface area (Å²) < 4.78 is 5.66. The van der Waals surface area contributed by atoms with Crippen LogP contribution < -0.4 is 5.32 Å². The molecule has 6 rings (SSSR count). The van der Waals surface area contributed by atoms with Gasteiger partial charge < -0.3 is 9.73 Å². The predicted molar refractivity (Wildman–Crippen MR) is 104 cm³/mol. The molecular formula is C20H22ClN3O2S. The summed E-state index contributed by atoms with van der Waals surface area (Å²) >= 11 is 7.45. The van der Waals surface area contributed by atoms with E-state index in [1.165, 1.54) is 43.9 Å². The van der Waals surface area contributed by atoms with Gasteiger partial charge in [0.2, 0.25) is 11.8 Å². The fourth-order valence-electron chi connectivity index (χ4n) is 5.53. The summed E-state index contributed by atoms with van der Waals surface area (Å²) in [6, 6.07) is 7.71. The van der Waals surface area contributed by atoms with Crippen LogP contribution in [0, 0.1) is 23.7 Å². The van der Waals surface area contributed by atoms with E-state index in [2.05, 4.69) is 15.5 Å². The van der Waals surface area contributed by atoms with Gasteiger partial charge in [0.1, 0.15) is 0 Å². The lowest BCUT2D eigenvalue weighted by Crippen LogP contribution is -2.56. The minimum absolute atomic E-state index is 0.0648. The van der Waals surface area contributed by atoms with Gasteiger partial charge >= 0.3 is 0 Å². The van der Waals surface area contributed by atoms with Gasteiger partial charge in [0.05, 0.1) is 16.3 Å². The van der Waals surface area contributed by atoms with Crippen LogP contribution in [0.3, 0.4) is 0 Å². The van der Waals surface area contributed by atoms with Crippen molar-refractivity contribution in [3.8, 4) is 11.5 Å². The highest BCUT2D eigenvalue weighted by Crippen LogP contribution is 2.53. The number of thioether (sulfide) groups is 1. The molecule has 4 saturated carbocycles. The topological polar surface area (TPSA) is 68.0 Å². The highest BCUT2D eigenvalue weighted by Gasteiger charge is 2.48. The quantitative estimate of drug-likeness (QED) is 0.748. The maximum Gasteiger partial charge on any atom is 0.277 e. The van der Waals surface area contributed by atoms with Crippen molar-refractivity contribution >= 4 is 29.3 Å². The van der Waals surface area contributed by atoms with Crippen LogP contribution in [0.2, 0.25) is 5.02 Å². The number of amides is 1. The van der Waals surface area contributed by atoms with Gasteiger partial charge in [0, 0.05) is 6.04 Å². The van der Waals surface area contributed by atoms with Gasteiger partial charge in [-0.2, -0.15) is 0 Å². The molecule has 1 aromatic heterocycles. The molecule has 2 aromatic rings. The first-order valence-corrected chi connectivity index (χ1v) is 11.0. The molecule has 0 atom stereocenters. The molecular weight excluding hydrogens is 382 g/mol. The number of halogens is 1. The number of carbonyl (C=O) groups is 1. The zero-order chi connectivity index (χ0) is 18.4. The minimum Gasteiger partial charge on any atom is -0.411 e. The number of nitrogens with zero attached hydrogens (tertiary/aromatic N) is 2. The van der Waals surface area contributed by atoms with Gasteiger partial charge in [-0.3, -0.25) is 4.79 Å². The van der Waals surface area contributed by atoms with Crippen molar-refractivity contribution in [2.24, 2.45) is 23.7 Å². The molecule has 0 spiro atoms. The van der Waals surface area contributed by atoms with Crippen LogP contribution in [0.1, 0.15) is 32.1 Å². The average molecular weight is 404 g/mol. The Labute approximate surface area is 167 Å². The summed E-state index contributed by atoms with van der Waals surface area (Å²) in [6.07, 6.45) is 6.63. The third-order valence-corrected chi connectivity index (χ3v) is 7.54. The second kappa shape index (κ2) is 7.13. The molecule has 1 heterocycles. The van der Waals surface area contributed by atoms with Gasteiger partial charge in [0.25, 0.3) is 5.22 Å².